The molecule has 0 saturated heterocycles. The van der Waals surface area contributed by atoms with Crippen molar-refractivity contribution in [3.05, 3.63) is 88.6 Å². The Balaban J connectivity index is 1.88. The molecule has 0 saturated carbocycles. The lowest BCUT2D eigenvalue weighted by Crippen LogP contribution is -2.20. The minimum Gasteiger partial charge on any atom is -0.497 e. The molecule has 3 heteroatoms. The number of carbonyl (C=O) groups is 1. The van der Waals surface area contributed by atoms with Gasteiger partial charge in [-0.1, -0.05) is 67.5 Å². The van der Waals surface area contributed by atoms with Crippen molar-refractivity contribution in [2.45, 2.75) is 60.4 Å². The van der Waals surface area contributed by atoms with Crippen molar-refractivity contribution >= 4 is 5.91 Å². The van der Waals surface area contributed by atoms with Gasteiger partial charge in [-0.05, 0) is 74.3 Å². The molecule has 0 fully saturated rings. The van der Waals surface area contributed by atoms with Gasteiger partial charge in [0.15, 0.2) is 0 Å². The van der Waals surface area contributed by atoms with Crippen LogP contribution in [0.15, 0.2) is 83.0 Å². The molecule has 31 heavy (non-hydrogen) atoms. The summed E-state index contributed by atoms with van der Waals surface area (Å²) in [4.78, 5) is 12.1. The Kier molecular flexibility index (Phi) is 9.11. The highest BCUT2D eigenvalue weighted by Crippen LogP contribution is 2.40. The molecular formula is C28H37NO2. The first-order valence-corrected chi connectivity index (χ1v) is 11.0. The van der Waals surface area contributed by atoms with Crippen molar-refractivity contribution in [1.82, 2.24) is 5.32 Å². The van der Waals surface area contributed by atoms with E-state index in [2.05, 4.69) is 51.2 Å². The van der Waals surface area contributed by atoms with Crippen LogP contribution in [-0.2, 0) is 11.3 Å². The molecular weight excluding hydrogens is 382 g/mol. The molecule has 1 aromatic rings. The second-order valence-electron chi connectivity index (χ2n) is 8.99. The van der Waals surface area contributed by atoms with Crippen molar-refractivity contribution in [2.75, 3.05) is 7.11 Å². The summed E-state index contributed by atoms with van der Waals surface area (Å²) in [6, 6.07) is 7.67. The number of amides is 1. The molecule has 0 unspecified atom stereocenters. The molecule has 0 spiro atoms. The first-order chi connectivity index (χ1) is 14.7. The molecule has 0 radical (unpaired) electrons. The second-order valence-corrected chi connectivity index (χ2v) is 8.99. The summed E-state index contributed by atoms with van der Waals surface area (Å²) in [5, 5.41) is 2.91. The molecule has 1 aliphatic carbocycles. The van der Waals surface area contributed by atoms with Crippen molar-refractivity contribution in [2.24, 2.45) is 5.41 Å². The van der Waals surface area contributed by atoms with Gasteiger partial charge in [-0.2, -0.15) is 0 Å². The van der Waals surface area contributed by atoms with E-state index in [1.165, 1.54) is 36.0 Å². The molecule has 2 rings (SSSR count). The van der Waals surface area contributed by atoms with Crippen LogP contribution in [0.5, 0.6) is 5.75 Å². The Morgan fingerprint density at radius 3 is 2.48 bits per heavy atom. The number of rotatable bonds is 8. The van der Waals surface area contributed by atoms with Crippen LogP contribution in [0.1, 0.15) is 59.4 Å². The Labute approximate surface area is 188 Å². The zero-order chi connectivity index (χ0) is 22.9. The van der Waals surface area contributed by atoms with E-state index in [0.717, 1.165) is 16.9 Å². The number of benzene rings is 1. The summed E-state index contributed by atoms with van der Waals surface area (Å²) < 4.78 is 5.15. The first-order valence-electron chi connectivity index (χ1n) is 11.0. The molecule has 166 valence electrons. The van der Waals surface area contributed by atoms with Crippen LogP contribution in [0.4, 0.5) is 0 Å². The third-order valence-corrected chi connectivity index (χ3v) is 5.76. The van der Waals surface area contributed by atoms with Crippen molar-refractivity contribution < 1.29 is 9.53 Å². The third kappa shape index (κ3) is 8.09. The first kappa shape index (κ1) is 24.5. The monoisotopic (exact) mass is 419 g/mol. The summed E-state index contributed by atoms with van der Waals surface area (Å²) >= 11 is 0. The lowest BCUT2D eigenvalue weighted by molar-refractivity contribution is -0.116. The van der Waals surface area contributed by atoms with Crippen LogP contribution in [0, 0.1) is 5.41 Å². The molecule has 0 bridgehead atoms. The van der Waals surface area contributed by atoms with E-state index in [9.17, 15) is 4.79 Å². The van der Waals surface area contributed by atoms with Gasteiger partial charge in [-0.15, -0.1) is 0 Å². The highest BCUT2D eigenvalue weighted by atomic mass is 16.5. The second kappa shape index (κ2) is 11.5. The average molecular weight is 420 g/mol. The molecule has 1 amide bonds. The maximum Gasteiger partial charge on any atom is 0.244 e. The standard InChI is InChI=1S/C28H37NO2/c1-21(12-17-26-23(3)11-8-18-28(26,4)5)9-7-10-22(2)19-27(30)29-20-24-13-15-25(31-6)16-14-24/h7,9-10,12-17,19H,8,11,18,20H2,1-6H3,(H,29,30)/b10-7+,17-12+,21-9+,22-19+. The van der Waals surface area contributed by atoms with Crippen LogP contribution in [0.3, 0.4) is 0 Å². The number of methoxy groups -OCH3 is 1. The topological polar surface area (TPSA) is 38.3 Å². The molecule has 1 aromatic carbocycles. The number of ether oxygens (including phenoxy) is 1. The van der Waals surface area contributed by atoms with Crippen molar-refractivity contribution in [3.63, 3.8) is 0 Å². The number of nitrogens with one attached hydrogen (secondary N) is 1. The molecule has 0 atom stereocenters. The Bertz CT molecular complexity index is 909. The van der Waals surface area contributed by atoms with E-state index in [1.807, 2.05) is 43.3 Å². The summed E-state index contributed by atoms with van der Waals surface area (Å²) in [6.07, 6.45) is 15.9. The van der Waals surface area contributed by atoms with Crippen LogP contribution in [-0.4, -0.2) is 13.0 Å². The molecule has 0 heterocycles. The van der Waals surface area contributed by atoms with Gasteiger partial charge in [-0.25, -0.2) is 0 Å². The van der Waals surface area contributed by atoms with E-state index < -0.39 is 0 Å². The minimum absolute atomic E-state index is 0.0968. The Morgan fingerprint density at radius 1 is 1.13 bits per heavy atom. The largest absolute Gasteiger partial charge is 0.497 e. The minimum atomic E-state index is -0.0968. The quantitative estimate of drug-likeness (QED) is 0.370. The predicted octanol–water partition coefficient (Wildman–Crippen LogP) is 6.84. The van der Waals surface area contributed by atoms with Crippen molar-refractivity contribution in [1.29, 1.82) is 0 Å². The van der Waals surface area contributed by atoms with Gasteiger partial charge in [0.1, 0.15) is 5.75 Å². The normalized spacial score (nSPS) is 17.5. The van der Waals surface area contributed by atoms with Gasteiger partial charge in [0.25, 0.3) is 0 Å². The Hall–Kier alpha value is -2.81. The van der Waals surface area contributed by atoms with Crippen LogP contribution in [0.25, 0.3) is 0 Å². The van der Waals surface area contributed by atoms with E-state index in [1.54, 1.807) is 13.2 Å². The van der Waals surface area contributed by atoms with E-state index >= 15 is 0 Å². The number of carbonyl (C=O) groups excluding carboxylic acids is 1. The lowest BCUT2D eigenvalue weighted by atomic mass is 9.72. The summed E-state index contributed by atoms with van der Waals surface area (Å²) in [5.41, 5.74) is 6.37. The van der Waals surface area contributed by atoms with Crippen molar-refractivity contribution in [3.8, 4) is 5.75 Å². The SMILES string of the molecule is COc1ccc(CNC(=O)/C=C(C)/C=C/C=C(C)/C=C/C2=C(C)CCCC2(C)C)cc1. The summed E-state index contributed by atoms with van der Waals surface area (Å²) in [7, 11) is 1.64. The zero-order valence-corrected chi connectivity index (χ0v) is 19.9. The number of hydrogen-bond donors (Lipinski definition) is 1. The van der Waals surface area contributed by atoms with Gasteiger partial charge < -0.3 is 10.1 Å². The van der Waals surface area contributed by atoms with Gasteiger partial charge in [0.2, 0.25) is 5.91 Å². The maximum atomic E-state index is 12.1. The molecule has 1 N–H and O–H groups in total. The smallest absolute Gasteiger partial charge is 0.244 e. The highest BCUT2D eigenvalue weighted by molar-refractivity contribution is 5.88. The fourth-order valence-corrected chi connectivity index (χ4v) is 3.87. The molecule has 0 aromatic heterocycles. The lowest BCUT2D eigenvalue weighted by Gasteiger charge is -2.32. The number of hydrogen-bond acceptors (Lipinski definition) is 2. The van der Waals surface area contributed by atoms with Crippen LogP contribution < -0.4 is 10.1 Å². The van der Waals surface area contributed by atoms with E-state index in [-0.39, 0.29) is 11.3 Å². The summed E-state index contributed by atoms with van der Waals surface area (Å²) in [5.74, 6) is 0.712. The van der Waals surface area contributed by atoms with Gasteiger partial charge >= 0.3 is 0 Å². The zero-order valence-electron chi connectivity index (χ0n) is 19.9. The summed E-state index contributed by atoms with van der Waals surface area (Å²) in [6.45, 7) is 11.5. The van der Waals surface area contributed by atoms with E-state index in [0.29, 0.717) is 6.54 Å². The highest BCUT2D eigenvalue weighted by Gasteiger charge is 2.26. The molecule has 3 nitrogen and oxygen atoms in total. The van der Waals surface area contributed by atoms with E-state index in [4.69, 9.17) is 4.74 Å². The average Bonchev–Trinajstić information content (AvgIpc) is 2.71. The maximum absolute atomic E-state index is 12.1. The molecule has 1 aliphatic rings. The van der Waals surface area contributed by atoms with Gasteiger partial charge in [0.05, 0.1) is 7.11 Å². The van der Waals surface area contributed by atoms with Gasteiger partial charge in [-0.3, -0.25) is 4.79 Å². The van der Waals surface area contributed by atoms with Crippen LogP contribution >= 0.6 is 0 Å². The fraction of sp³-hybridized carbons (Fsp3) is 0.393. The van der Waals surface area contributed by atoms with Gasteiger partial charge in [0, 0.05) is 12.6 Å². The fourth-order valence-electron chi connectivity index (χ4n) is 3.87. The third-order valence-electron chi connectivity index (χ3n) is 5.76. The molecule has 0 aliphatic heterocycles. The predicted molar refractivity (Wildman–Crippen MR) is 131 cm³/mol. The van der Waals surface area contributed by atoms with Crippen LogP contribution in [0.2, 0.25) is 0 Å². The Morgan fingerprint density at radius 2 is 1.84 bits per heavy atom. The number of allylic oxidation sites excluding steroid dienone is 9.